The van der Waals surface area contributed by atoms with Crippen LogP contribution in [0.5, 0.6) is 0 Å². The van der Waals surface area contributed by atoms with E-state index in [4.69, 9.17) is 4.52 Å². The predicted octanol–water partition coefficient (Wildman–Crippen LogP) is 3.62. The fourth-order valence-electron chi connectivity index (χ4n) is 3.03. The van der Waals surface area contributed by atoms with Gasteiger partial charge < -0.3 is 9.84 Å². The maximum Gasteiger partial charge on any atom is 0.243 e. The van der Waals surface area contributed by atoms with Crippen LogP contribution in [-0.4, -0.2) is 36.0 Å². The summed E-state index contributed by atoms with van der Waals surface area (Å²) in [6.07, 6.45) is 0. The van der Waals surface area contributed by atoms with Crippen LogP contribution in [0.2, 0.25) is 0 Å². The van der Waals surface area contributed by atoms with E-state index in [0.717, 1.165) is 11.1 Å². The minimum atomic E-state index is -3.44. The van der Waals surface area contributed by atoms with Gasteiger partial charge in [-0.2, -0.15) is 9.29 Å². The lowest BCUT2D eigenvalue weighted by Gasteiger charge is -2.19. The number of nitrogens with one attached hydrogen (secondary N) is 1. The van der Waals surface area contributed by atoms with Crippen LogP contribution in [0.1, 0.15) is 38.3 Å². The van der Waals surface area contributed by atoms with Crippen LogP contribution in [0.3, 0.4) is 0 Å². The van der Waals surface area contributed by atoms with Crippen molar-refractivity contribution in [3.63, 3.8) is 0 Å². The Morgan fingerprint density at radius 3 is 2.31 bits per heavy atom. The molecule has 0 amide bonds. The number of benzene rings is 2. The number of sulfonamides is 1. The zero-order valence-corrected chi connectivity index (χ0v) is 17.7. The summed E-state index contributed by atoms with van der Waals surface area (Å²) in [4.78, 5) is 4.71. The summed E-state index contributed by atoms with van der Waals surface area (Å²) >= 11 is 0. The molecule has 0 saturated heterocycles. The van der Waals surface area contributed by atoms with E-state index in [2.05, 4.69) is 15.5 Å². The van der Waals surface area contributed by atoms with Gasteiger partial charge >= 0.3 is 0 Å². The first kappa shape index (κ1) is 21.2. The van der Waals surface area contributed by atoms with Gasteiger partial charge in [0.1, 0.15) is 0 Å². The van der Waals surface area contributed by atoms with Gasteiger partial charge in [0.2, 0.25) is 21.7 Å². The number of hydrogen-bond acceptors (Lipinski definition) is 6. The van der Waals surface area contributed by atoms with Crippen molar-refractivity contribution in [3.05, 3.63) is 66.1 Å². The summed E-state index contributed by atoms with van der Waals surface area (Å²) in [5.74, 6) is 1.05. The Morgan fingerprint density at radius 2 is 1.69 bits per heavy atom. The predicted molar refractivity (Wildman–Crippen MR) is 112 cm³/mol. The van der Waals surface area contributed by atoms with Crippen molar-refractivity contribution in [2.24, 2.45) is 0 Å². The summed E-state index contributed by atoms with van der Waals surface area (Å²) in [7, 11) is -3.44. The molecule has 0 aliphatic rings. The molecule has 0 saturated carbocycles. The Hall–Kier alpha value is -2.55. The Balaban J connectivity index is 1.63. The third-order valence-corrected chi connectivity index (χ3v) is 6.85. The molecule has 1 atom stereocenters. The first-order valence-electron chi connectivity index (χ1n) is 9.67. The zero-order valence-electron chi connectivity index (χ0n) is 16.9. The summed E-state index contributed by atoms with van der Waals surface area (Å²) in [6, 6.07) is 16.6. The van der Waals surface area contributed by atoms with Gasteiger partial charge in [0.15, 0.2) is 0 Å². The molecule has 2 aromatic carbocycles. The van der Waals surface area contributed by atoms with Crippen molar-refractivity contribution in [2.75, 3.05) is 13.1 Å². The average Bonchev–Trinajstić information content (AvgIpc) is 3.22. The topological polar surface area (TPSA) is 88.3 Å². The Bertz CT molecular complexity index is 1010. The first-order valence-corrected chi connectivity index (χ1v) is 11.1. The van der Waals surface area contributed by atoms with Crippen LogP contribution in [0.4, 0.5) is 0 Å². The number of hydrogen-bond donors (Lipinski definition) is 1. The van der Waals surface area contributed by atoms with E-state index < -0.39 is 10.0 Å². The van der Waals surface area contributed by atoms with Crippen molar-refractivity contribution in [1.82, 2.24) is 19.8 Å². The number of nitrogens with zero attached hydrogens (tertiary/aromatic N) is 3. The second kappa shape index (κ2) is 9.30. The molecule has 29 heavy (non-hydrogen) atoms. The van der Waals surface area contributed by atoms with Gasteiger partial charge in [-0.05, 0) is 24.6 Å². The maximum absolute atomic E-state index is 12.6. The van der Waals surface area contributed by atoms with Crippen molar-refractivity contribution >= 4 is 10.0 Å². The Kier molecular flexibility index (Phi) is 6.79. The van der Waals surface area contributed by atoms with E-state index in [-0.39, 0.29) is 6.04 Å². The van der Waals surface area contributed by atoms with Crippen molar-refractivity contribution in [2.45, 2.75) is 38.3 Å². The second-order valence-electron chi connectivity index (χ2n) is 6.64. The minimum Gasteiger partial charge on any atom is -0.338 e. The van der Waals surface area contributed by atoms with Crippen molar-refractivity contribution < 1.29 is 12.9 Å². The van der Waals surface area contributed by atoms with Crippen LogP contribution in [0, 0.1) is 0 Å². The molecule has 0 fully saturated rings. The monoisotopic (exact) mass is 414 g/mol. The van der Waals surface area contributed by atoms with Crippen LogP contribution in [0.25, 0.3) is 11.4 Å². The normalized spacial score (nSPS) is 13.0. The third-order valence-electron chi connectivity index (χ3n) is 4.78. The highest BCUT2D eigenvalue weighted by molar-refractivity contribution is 7.89. The lowest BCUT2D eigenvalue weighted by Crippen LogP contribution is -2.30. The van der Waals surface area contributed by atoms with E-state index in [1.165, 1.54) is 4.31 Å². The van der Waals surface area contributed by atoms with Crippen LogP contribution in [-0.2, 0) is 16.6 Å². The highest BCUT2D eigenvalue weighted by atomic mass is 32.2. The molecule has 0 bridgehead atoms. The molecule has 1 heterocycles. The first-order chi connectivity index (χ1) is 14.0. The summed E-state index contributed by atoms with van der Waals surface area (Å²) in [5, 5.41) is 7.34. The molecule has 1 N–H and O–H groups in total. The van der Waals surface area contributed by atoms with E-state index in [9.17, 15) is 8.42 Å². The molecule has 8 heteroatoms. The fourth-order valence-corrected chi connectivity index (χ4v) is 4.49. The highest BCUT2D eigenvalue weighted by Gasteiger charge is 2.21. The summed E-state index contributed by atoms with van der Waals surface area (Å²) in [5.41, 5.74) is 1.88. The van der Waals surface area contributed by atoms with Crippen molar-refractivity contribution in [1.29, 1.82) is 0 Å². The molecule has 0 aliphatic heterocycles. The van der Waals surface area contributed by atoms with E-state index in [0.29, 0.717) is 36.2 Å². The average molecular weight is 415 g/mol. The van der Waals surface area contributed by atoms with Crippen LogP contribution >= 0.6 is 0 Å². The quantitative estimate of drug-likeness (QED) is 0.575. The molecule has 3 rings (SSSR count). The molecule has 0 unspecified atom stereocenters. The molecule has 0 spiro atoms. The van der Waals surface area contributed by atoms with E-state index in [1.54, 1.807) is 12.1 Å². The molecular weight excluding hydrogens is 388 g/mol. The van der Waals surface area contributed by atoms with Gasteiger partial charge in [-0.15, -0.1) is 0 Å². The van der Waals surface area contributed by atoms with Crippen molar-refractivity contribution in [3.8, 4) is 11.4 Å². The lowest BCUT2D eigenvalue weighted by atomic mass is 10.1. The molecule has 3 aromatic rings. The smallest absolute Gasteiger partial charge is 0.243 e. The van der Waals surface area contributed by atoms with Crippen LogP contribution < -0.4 is 5.32 Å². The molecule has 1 aromatic heterocycles. The standard InChI is InChI=1S/C21H26N4O3S/c1-4-25(5-2)29(26,27)19-13-11-17(12-14-19)16(3)22-15-20-23-21(24-28-20)18-9-7-6-8-10-18/h6-14,16,22H,4-5,15H2,1-3H3/t16-/m1/s1. The Labute approximate surface area is 171 Å². The van der Waals surface area contributed by atoms with E-state index >= 15 is 0 Å². The SMILES string of the molecule is CCN(CC)S(=O)(=O)c1ccc([C@@H](C)NCc2nc(-c3ccccc3)no2)cc1. The molecule has 154 valence electrons. The zero-order chi connectivity index (χ0) is 20.9. The maximum atomic E-state index is 12.6. The number of aromatic nitrogens is 2. The van der Waals surface area contributed by atoms with Crippen LogP contribution in [0.15, 0.2) is 64.0 Å². The van der Waals surface area contributed by atoms with Gasteiger partial charge in [-0.25, -0.2) is 8.42 Å². The Morgan fingerprint density at radius 1 is 1.03 bits per heavy atom. The largest absolute Gasteiger partial charge is 0.338 e. The molecular formula is C21H26N4O3S. The molecule has 0 aliphatic carbocycles. The van der Waals surface area contributed by atoms with Gasteiger partial charge in [0.25, 0.3) is 0 Å². The summed E-state index contributed by atoms with van der Waals surface area (Å²) < 4.78 is 31.9. The third kappa shape index (κ3) is 4.90. The van der Waals surface area contributed by atoms with Gasteiger partial charge in [0, 0.05) is 24.7 Å². The molecule has 7 nitrogen and oxygen atoms in total. The van der Waals surface area contributed by atoms with E-state index in [1.807, 2.05) is 63.2 Å². The lowest BCUT2D eigenvalue weighted by molar-refractivity contribution is 0.360. The van der Waals surface area contributed by atoms with Gasteiger partial charge in [-0.1, -0.05) is 61.5 Å². The second-order valence-corrected chi connectivity index (χ2v) is 8.58. The summed E-state index contributed by atoms with van der Waals surface area (Å²) in [6.45, 7) is 6.99. The molecule has 0 radical (unpaired) electrons. The van der Waals surface area contributed by atoms with Gasteiger partial charge in [0.05, 0.1) is 11.4 Å². The minimum absolute atomic E-state index is 0.00715. The number of rotatable bonds is 9. The van der Waals surface area contributed by atoms with Gasteiger partial charge in [-0.3, -0.25) is 0 Å². The highest BCUT2D eigenvalue weighted by Crippen LogP contribution is 2.20. The fraction of sp³-hybridized carbons (Fsp3) is 0.333.